The fourth-order valence-electron chi connectivity index (χ4n) is 2.43. The number of anilines is 1. The Balaban J connectivity index is 1.61. The average molecular weight is 217 g/mol. The lowest BCUT2D eigenvalue weighted by atomic mass is 10.2. The highest BCUT2D eigenvalue weighted by Gasteiger charge is 2.28. The van der Waals surface area contributed by atoms with E-state index in [0.717, 1.165) is 24.7 Å². The summed E-state index contributed by atoms with van der Waals surface area (Å²) in [5, 5.41) is 3.36. The van der Waals surface area contributed by atoms with Crippen LogP contribution in [0.3, 0.4) is 0 Å². The number of nitrogens with zero attached hydrogens (tertiary/aromatic N) is 1. The van der Waals surface area contributed by atoms with Gasteiger partial charge >= 0.3 is 0 Å². The largest absolute Gasteiger partial charge is 0.368 e. The van der Waals surface area contributed by atoms with Crippen molar-refractivity contribution in [2.24, 2.45) is 11.7 Å². The molecule has 1 aromatic rings. The number of aryl methyl sites for hydroxylation is 2. The van der Waals surface area contributed by atoms with Crippen molar-refractivity contribution in [3.8, 4) is 0 Å². The molecule has 0 aromatic carbocycles. The van der Waals surface area contributed by atoms with Crippen LogP contribution in [0, 0.1) is 5.92 Å². The molecular formula is C13H19N3. The molecule has 86 valence electrons. The molecule has 3 heteroatoms. The molecule has 3 nitrogen and oxygen atoms in total. The zero-order valence-electron chi connectivity index (χ0n) is 9.58. The van der Waals surface area contributed by atoms with Gasteiger partial charge in [-0.25, -0.2) is 4.98 Å². The van der Waals surface area contributed by atoms with E-state index in [0.29, 0.717) is 6.04 Å². The first kappa shape index (κ1) is 10.1. The molecule has 16 heavy (non-hydrogen) atoms. The molecule has 0 bridgehead atoms. The minimum atomic E-state index is 0.301. The van der Waals surface area contributed by atoms with Crippen LogP contribution in [0.15, 0.2) is 12.1 Å². The number of rotatable bonds is 4. The third kappa shape index (κ3) is 2.05. The summed E-state index contributed by atoms with van der Waals surface area (Å²) in [4.78, 5) is 4.64. The highest BCUT2D eigenvalue weighted by Crippen LogP contribution is 2.31. The van der Waals surface area contributed by atoms with Crippen molar-refractivity contribution in [3.05, 3.63) is 23.4 Å². The Labute approximate surface area is 96.4 Å². The molecule has 2 aliphatic carbocycles. The lowest BCUT2D eigenvalue weighted by Crippen LogP contribution is -2.31. The van der Waals surface area contributed by atoms with E-state index >= 15 is 0 Å². The van der Waals surface area contributed by atoms with Gasteiger partial charge in [-0.3, -0.25) is 0 Å². The van der Waals surface area contributed by atoms with Crippen LogP contribution in [0.2, 0.25) is 0 Å². The standard InChI is InChI=1S/C13H19N3/c14-11(9-4-5-9)8-15-13-7-6-10-2-1-3-12(10)16-13/h6-7,9,11H,1-5,8,14H2,(H,15,16). The van der Waals surface area contributed by atoms with Crippen LogP contribution in [0.1, 0.15) is 30.5 Å². The SMILES string of the molecule is NC(CNc1ccc2c(n1)CCC2)C1CC1. The molecular weight excluding hydrogens is 198 g/mol. The number of hydrogen-bond acceptors (Lipinski definition) is 3. The summed E-state index contributed by atoms with van der Waals surface area (Å²) in [5.41, 5.74) is 8.76. The highest BCUT2D eigenvalue weighted by atomic mass is 15.0. The predicted molar refractivity (Wildman–Crippen MR) is 65.5 cm³/mol. The van der Waals surface area contributed by atoms with Gasteiger partial charge in [0.25, 0.3) is 0 Å². The molecule has 3 N–H and O–H groups in total. The molecule has 1 atom stereocenters. The third-order valence-electron chi connectivity index (χ3n) is 3.67. The van der Waals surface area contributed by atoms with E-state index in [1.165, 1.54) is 36.9 Å². The van der Waals surface area contributed by atoms with Gasteiger partial charge in [-0.05, 0) is 49.7 Å². The first-order chi connectivity index (χ1) is 7.83. The predicted octanol–water partition coefficient (Wildman–Crippen LogP) is 1.72. The Morgan fingerprint density at radius 3 is 3.06 bits per heavy atom. The van der Waals surface area contributed by atoms with Gasteiger partial charge in [0.1, 0.15) is 5.82 Å². The van der Waals surface area contributed by atoms with Crippen LogP contribution in [0.4, 0.5) is 5.82 Å². The number of fused-ring (bicyclic) bond motifs is 1. The van der Waals surface area contributed by atoms with E-state index in [1.807, 2.05) is 0 Å². The minimum absolute atomic E-state index is 0.301. The lowest BCUT2D eigenvalue weighted by molar-refractivity contribution is 0.620. The summed E-state index contributed by atoms with van der Waals surface area (Å²) in [6.07, 6.45) is 6.21. The molecule has 0 radical (unpaired) electrons. The van der Waals surface area contributed by atoms with E-state index in [1.54, 1.807) is 0 Å². The second-order valence-corrected chi connectivity index (χ2v) is 5.04. The van der Waals surface area contributed by atoms with E-state index < -0.39 is 0 Å². The van der Waals surface area contributed by atoms with Crippen molar-refractivity contribution in [1.29, 1.82) is 0 Å². The number of hydrogen-bond donors (Lipinski definition) is 2. The maximum absolute atomic E-state index is 6.05. The van der Waals surface area contributed by atoms with E-state index in [4.69, 9.17) is 5.73 Å². The van der Waals surface area contributed by atoms with Crippen LogP contribution >= 0.6 is 0 Å². The zero-order chi connectivity index (χ0) is 11.0. The van der Waals surface area contributed by atoms with Crippen molar-refractivity contribution in [1.82, 2.24) is 4.98 Å². The van der Waals surface area contributed by atoms with E-state index in [9.17, 15) is 0 Å². The van der Waals surface area contributed by atoms with Crippen molar-refractivity contribution in [2.45, 2.75) is 38.1 Å². The van der Waals surface area contributed by atoms with Gasteiger partial charge in [-0.2, -0.15) is 0 Å². The molecule has 1 saturated carbocycles. The summed E-state index contributed by atoms with van der Waals surface area (Å²) in [7, 11) is 0. The summed E-state index contributed by atoms with van der Waals surface area (Å²) in [5.74, 6) is 1.75. The quantitative estimate of drug-likeness (QED) is 0.807. The second-order valence-electron chi connectivity index (χ2n) is 5.04. The summed E-state index contributed by atoms with van der Waals surface area (Å²) in [6, 6.07) is 4.60. The van der Waals surface area contributed by atoms with Gasteiger partial charge in [-0.15, -0.1) is 0 Å². The molecule has 0 saturated heterocycles. The van der Waals surface area contributed by atoms with Crippen LogP contribution in [-0.2, 0) is 12.8 Å². The van der Waals surface area contributed by atoms with Gasteiger partial charge in [0.2, 0.25) is 0 Å². The van der Waals surface area contributed by atoms with Crippen molar-refractivity contribution >= 4 is 5.82 Å². The highest BCUT2D eigenvalue weighted by molar-refractivity contribution is 5.40. The third-order valence-corrected chi connectivity index (χ3v) is 3.67. The molecule has 1 unspecified atom stereocenters. The summed E-state index contributed by atoms with van der Waals surface area (Å²) in [6.45, 7) is 0.858. The van der Waals surface area contributed by atoms with Gasteiger partial charge < -0.3 is 11.1 Å². The molecule has 1 fully saturated rings. The molecule has 0 aliphatic heterocycles. The van der Waals surface area contributed by atoms with Gasteiger partial charge in [0.05, 0.1) is 0 Å². The molecule has 3 rings (SSSR count). The van der Waals surface area contributed by atoms with Gasteiger partial charge in [0.15, 0.2) is 0 Å². The normalized spacial score (nSPS) is 20.6. The van der Waals surface area contributed by atoms with Crippen LogP contribution < -0.4 is 11.1 Å². The fraction of sp³-hybridized carbons (Fsp3) is 0.615. The molecule has 0 amide bonds. The Kier molecular flexibility index (Phi) is 2.56. The second kappa shape index (κ2) is 4.06. The summed E-state index contributed by atoms with van der Waals surface area (Å²) < 4.78 is 0. The van der Waals surface area contributed by atoms with Gasteiger partial charge in [-0.1, -0.05) is 6.07 Å². The first-order valence-electron chi connectivity index (χ1n) is 6.31. The summed E-state index contributed by atoms with van der Waals surface area (Å²) >= 11 is 0. The Hall–Kier alpha value is -1.09. The number of nitrogens with one attached hydrogen (secondary N) is 1. The monoisotopic (exact) mass is 217 g/mol. The maximum atomic E-state index is 6.05. The van der Waals surface area contributed by atoms with Gasteiger partial charge in [0, 0.05) is 18.3 Å². The first-order valence-corrected chi connectivity index (χ1v) is 6.31. The lowest BCUT2D eigenvalue weighted by Gasteiger charge is -2.12. The van der Waals surface area contributed by atoms with Crippen LogP contribution in [0.5, 0.6) is 0 Å². The number of aromatic nitrogens is 1. The van der Waals surface area contributed by atoms with E-state index in [2.05, 4.69) is 22.4 Å². The van der Waals surface area contributed by atoms with Crippen molar-refractivity contribution in [2.75, 3.05) is 11.9 Å². The topological polar surface area (TPSA) is 50.9 Å². The smallest absolute Gasteiger partial charge is 0.126 e. The Morgan fingerprint density at radius 1 is 1.38 bits per heavy atom. The van der Waals surface area contributed by atoms with Crippen LogP contribution in [-0.4, -0.2) is 17.6 Å². The zero-order valence-corrected chi connectivity index (χ0v) is 9.58. The minimum Gasteiger partial charge on any atom is -0.368 e. The molecule has 0 spiro atoms. The Bertz CT molecular complexity index is 385. The van der Waals surface area contributed by atoms with E-state index in [-0.39, 0.29) is 0 Å². The van der Waals surface area contributed by atoms with Crippen molar-refractivity contribution in [3.63, 3.8) is 0 Å². The molecule has 1 heterocycles. The molecule has 2 aliphatic rings. The maximum Gasteiger partial charge on any atom is 0.126 e. The number of nitrogens with two attached hydrogens (primary N) is 1. The number of pyridine rings is 1. The van der Waals surface area contributed by atoms with Crippen LogP contribution in [0.25, 0.3) is 0 Å². The fourth-order valence-corrected chi connectivity index (χ4v) is 2.43. The average Bonchev–Trinajstić information content (AvgIpc) is 3.04. The Morgan fingerprint density at radius 2 is 2.25 bits per heavy atom. The molecule has 1 aromatic heterocycles. The van der Waals surface area contributed by atoms with Crippen molar-refractivity contribution < 1.29 is 0 Å².